The average molecular weight is 654 g/mol. The monoisotopic (exact) mass is 653 g/mol. The molecule has 1 heterocycles. The number of fused-ring (bicyclic) bond motifs is 1. The zero-order valence-electron chi connectivity index (χ0n) is 28.1. The lowest BCUT2D eigenvalue weighted by molar-refractivity contribution is -0.115. The summed E-state index contributed by atoms with van der Waals surface area (Å²) in [7, 11) is 0. The number of nitrogens with one attached hydrogen (secondary N) is 1. The van der Waals surface area contributed by atoms with Gasteiger partial charge in [-0.2, -0.15) is 0 Å². The van der Waals surface area contributed by atoms with Gasteiger partial charge in [0.1, 0.15) is 5.82 Å². The number of carbonyl (C=O) groups excluding carboxylic acids is 2. The van der Waals surface area contributed by atoms with Crippen LogP contribution in [0, 0.1) is 18.8 Å². The lowest BCUT2D eigenvalue weighted by Crippen LogP contribution is -2.38. The fraction of sp³-hybridized carbons (Fsp3) is 0.436. The second-order valence-corrected chi connectivity index (χ2v) is 14.4. The van der Waals surface area contributed by atoms with E-state index in [1.165, 1.54) is 18.2 Å². The van der Waals surface area contributed by atoms with Crippen molar-refractivity contribution < 1.29 is 19.5 Å². The summed E-state index contributed by atoms with van der Waals surface area (Å²) < 4.78 is 2.20. The summed E-state index contributed by atoms with van der Waals surface area (Å²) in [6.45, 7) is 9.01. The standard InChI is InChI=1S/C39H47N3O4S/c1-5-11-35-41-36-26(4)21-30(37(43)40-31(20-25(2)3)24-47-39(46)29-12-7-6-8-13-29)22-34(36)42(35)23-27-16-18-28(19-17-27)32-14-9-10-15-33(32)38(44)45/h9-10,14-19,21-22,25,29,31H,5-8,11-13,20,23-24H2,1-4H3,(H,40,43)(H,44,45)/t31-/m1/s1. The molecule has 0 spiro atoms. The molecule has 1 aromatic heterocycles. The first-order chi connectivity index (χ1) is 22.6. The summed E-state index contributed by atoms with van der Waals surface area (Å²) in [5, 5.41) is 13.2. The highest BCUT2D eigenvalue weighted by molar-refractivity contribution is 8.13. The summed E-state index contributed by atoms with van der Waals surface area (Å²) in [5.74, 6) is 1.03. The van der Waals surface area contributed by atoms with Gasteiger partial charge < -0.3 is 15.0 Å². The number of carbonyl (C=O) groups is 3. The number of aromatic nitrogens is 2. The Morgan fingerprint density at radius 2 is 1.74 bits per heavy atom. The Kier molecular flexibility index (Phi) is 11.6. The summed E-state index contributed by atoms with van der Waals surface area (Å²) in [4.78, 5) is 43.5. The van der Waals surface area contributed by atoms with E-state index in [0.29, 0.717) is 29.3 Å². The smallest absolute Gasteiger partial charge is 0.336 e. The molecule has 1 atom stereocenters. The Balaban J connectivity index is 1.38. The maximum atomic E-state index is 13.8. The van der Waals surface area contributed by atoms with E-state index in [2.05, 4.69) is 30.7 Å². The molecular weight excluding hydrogens is 607 g/mol. The van der Waals surface area contributed by atoms with E-state index in [0.717, 1.165) is 78.5 Å². The minimum Gasteiger partial charge on any atom is -0.478 e. The van der Waals surface area contributed by atoms with Crippen molar-refractivity contribution in [2.45, 2.75) is 91.6 Å². The van der Waals surface area contributed by atoms with Crippen molar-refractivity contribution >= 4 is 39.8 Å². The predicted octanol–water partition coefficient (Wildman–Crippen LogP) is 8.70. The number of amides is 1. The van der Waals surface area contributed by atoms with Crippen LogP contribution in [0.5, 0.6) is 0 Å². The number of hydrogen-bond donors (Lipinski definition) is 2. The molecule has 4 aromatic rings. The van der Waals surface area contributed by atoms with Crippen molar-refractivity contribution in [2.75, 3.05) is 5.75 Å². The first-order valence-corrected chi connectivity index (χ1v) is 18.0. The van der Waals surface area contributed by atoms with Crippen molar-refractivity contribution in [3.8, 4) is 11.1 Å². The van der Waals surface area contributed by atoms with Crippen LogP contribution in [0.1, 0.15) is 103 Å². The molecule has 2 N–H and O–H groups in total. The van der Waals surface area contributed by atoms with E-state index < -0.39 is 5.97 Å². The topological polar surface area (TPSA) is 101 Å². The molecule has 1 saturated carbocycles. The number of nitrogens with zero attached hydrogens (tertiary/aromatic N) is 2. The van der Waals surface area contributed by atoms with Crippen LogP contribution < -0.4 is 5.32 Å². The third-order valence-electron chi connectivity index (χ3n) is 9.08. The number of thioether (sulfide) groups is 1. The molecule has 0 unspecified atom stereocenters. The highest BCUT2D eigenvalue weighted by atomic mass is 32.2. The number of hydrogen-bond acceptors (Lipinski definition) is 5. The molecule has 248 valence electrons. The molecule has 1 aliphatic rings. The quantitative estimate of drug-likeness (QED) is 0.150. The van der Waals surface area contributed by atoms with Gasteiger partial charge >= 0.3 is 5.97 Å². The number of aromatic carboxylic acids is 1. The number of imidazole rings is 1. The van der Waals surface area contributed by atoms with Gasteiger partial charge in [0.25, 0.3) is 5.91 Å². The highest BCUT2D eigenvalue weighted by Gasteiger charge is 2.24. The van der Waals surface area contributed by atoms with Crippen molar-refractivity contribution in [2.24, 2.45) is 11.8 Å². The van der Waals surface area contributed by atoms with E-state index in [-0.39, 0.29) is 28.5 Å². The Bertz CT molecular complexity index is 1720. The van der Waals surface area contributed by atoms with E-state index >= 15 is 0 Å². The van der Waals surface area contributed by atoms with Gasteiger partial charge in [-0.1, -0.05) is 94.3 Å². The molecule has 1 aliphatic carbocycles. The van der Waals surface area contributed by atoms with Crippen molar-refractivity contribution in [3.05, 3.63) is 88.7 Å². The minimum absolute atomic E-state index is 0.0959. The highest BCUT2D eigenvalue weighted by Crippen LogP contribution is 2.30. The molecule has 0 aliphatic heterocycles. The van der Waals surface area contributed by atoms with Crippen LogP contribution in [0.25, 0.3) is 22.2 Å². The number of carboxylic acid groups (broad SMARTS) is 1. The Morgan fingerprint density at radius 3 is 2.43 bits per heavy atom. The largest absolute Gasteiger partial charge is 0.478 e. The van der Waals surface area contributed by atoms with Gasteiger partial charge in [-0.25, -0.2) is 9.78 Å². The second kappa shape index (κ2) is 15.8. The summed E-state index contributed by atoms with van der Waals surface area (Å²) >= 11 is 1.39. The molecule has 8 heteroatoms. The molecule has 7 nitrogen and oxygen atoms in total. The lowest BCUT2D eigenvalue weighted by atomic mass is 9.90. The van der Waals surface area contributed by atoms with Gasteiger partial charge in [0.2, 0.25) is 0 Å². The van der Waals surface area contributed by atoms with Crippen LogP contribution >= 0.6 is 11.8 Å². The van der Waals surface area contributed by atoms with E-state index in [9.17, 15) is 19.5 Å². The van der Waals surface area contributed by atoms with Crippen molar-refractivity contribution in [1.29, 1.82) is 0 Å². The van der Waals surface area contributed by atoms with Crippen LogP contribution in [-0.2, 0) is 17.8 Å². The molecule has 0 radical (unpaired) electrons. The molecule has 3 aromatic carbocycles. The summed E-state index contributed by atoms with van der Waals surface area (Å²) in [6.07, 6.45) is 8.02. The van der Waals surface area contributed by atoms with Gasteiger partial charge in [-0.3, -0.25) is 9.59 Å². The zero-order valence-corrected chi connectivity index (χ0v) is 28.9. The average Bonchev–Trinajstić information content (AvgIpc) is 3.41. The Morgan fingerprint density at radius 1 is 1.02 bits per heavy atom. The summed E-state index contributed by atoms with van der Waals surface area (Å²) in [6, 6.07) is 18.8. The fourth-order valence-electron chi connectivity index (χ4n) is 6.70. The van der Waals surface area contributed by atoms with Gasteiger partial charge in [0.05, 0.1) is 16.6 Å². The maximum absolute atomic E-state index is 13.8. The molecule has 5 rings (SSSR count). The molecule has 47 heavy (non-hydrogen) atoms. The number of aryl methyl sites for hydroxylation is 2. The third kappa shape index (κ3) is 8.52. The molecule has 0 bridgehead atoms. The zero-order chi connectivity index (χ0) is 33.5. The van der Waals surface area contributed by atoms with Crippen molar-refractivity contribution in [1.82, 2.24) is 14.9 Å². The van der Waals surface area contributed by atoms with Crippen LogP contribution in [0.3, 0.4) is 0 Å². The SMILES string of the molecule is CCCc1nc2c(C)cc(C(=O)N[C@@H](CSC(=O)C3CCCCC3)CC(C)C)cc2n1Cc1ccc(-c2ccccc2C(=O)O)cc1. The first kappa shape index (κ1) is 34.4. The van der Waals surface area contributed by atoms with E-state index in [1.54, 1.807) is 12.1 Å². The Labute approximate surface area is 282 Å². The number of carboxylic acids is 1. The molecule has 1 fully saturated rings. The van der Waals surface area contributed by atoms with Crippen LogP contribution in [0.15, 0.2) is 60.7 Å². The normalized spacial score (nSPS) is 14.4. The van der Waals surface area contributed by atoms with Gasteiger partial charge in [-0.05, 0) is 79.0 Å². The van der Waals surface area contributed by atoms with Crippen molar-refractivity contribution in [3.63, 3.8) is 0 Å². The van der Waals surface area contributed by atoms with Crippen LogP contribution in [-0.4, -0.2) is 43.4 Å². The fourth-order valence-corrected chi connectivity index (χ4v) is 7.76. The number of benzene rings is 3. The van der Waals surface area contributed by atoms with Gasteiger partial charge in [0.15, 0.2) is 5.12 Å². The second-order valence-electron chi connectivity index (χ2n) is 13.3. The van der Waals surface area contributed by atoms with E-state index in [1.807, 2.05) is 55.5 Å². The van der Waals surface area contributed by atoms with Crippen LogP contribution in [0.4, 0.5) is 0 Å². The van der Waals surface area contributed by atoms with Gasteiger partial charge in [0, 0.05) is 36.2 Å². The first-order valence-electron chi connectivity index (χ1n) is 17.0. The molecular formula is C39H47N3O4S. The van der Waals surface area contributed by atoms with Crippen LogP contribution in [0.2, 0.25) is 0 Å². The summed E-state index contributed by atoms with van der Waals surface area (Å²) in [5.41, 5.74) is 6.22. The number of rotatable bonds is 13. The Hall–Kier alpha value is -3.91. The van der Waals surface area contributed by atoms with E-state index in [4.69, 9.17) is 4.98 Å². The molecule has 1 amide bonds. The lowest BCUT2D eigenvalue weighted by Gasteiger charge is -2.23. The predicted molar refractivity (Wildman–Crippen MR) is 191 cm³/mol. The van der Waals surface area contributed by atoms with Gasteiger partial charge in [-0.15, -0.1) is 0 Å². The third-order valence-corrected chi connectivity index (χ3v) is 10.3. The maximum Gasteiger partial charge on any atom is 0.336 e. The molecule has 0 saturated heterocycles. The minimum atomic E-state index is -0.948.